The highest BCUT2D eigenvalue weighted by atomic mass is 19.1. The number of fused-ring (bicyclic) bond motifs is 1. The highest BCUT2D eigenvalue weighted by Crippen LogP contribution is 2.22. The Kier molecular flexibility index (Phi) is 3.69. The van der Waals surface area contributed by atoms with Gasteiger partial charge in [-0.05, 0) is 23.8 Å². The molecule has 0 unspecified atom stereocenters. The van der Waals surface area contributed by atoms with Crippen molar-refractivity contribution >= 4 is 16.9 Å². The normalized spacial score (nSPS) is 10.7. The predicted molar refractivity (Wildman–Crippen MR) is 78.2 cm³/mol. The van der Waals surface area contributed by atoms with Crippen LogP contribution in [0, 0.1) is 5.82 Å². The largest absolute Gasteiger partial charge is 0.464 e. The molecule has 1 aromatic heterocycles. The summed E-state index contributed by atoms with van der Waals surface area (Å²) in [4.78, 5) is 12.0. The molecule has 0 fully saturated rings. The molecule has 3 nitrogen and oxygen atoms in total. The van der Waals surface area contributed by atoms with Gasteiger partial charge in [0.2, 0.25) is 5.91 Å². The van der Waals surface area contributed by atoms with Crippen molar-refractivity contribution in [1.82, 2.24) is 5.32 Å². The molecule has 0 aliphatic carbocycles. The molecule has 4 heteroatoms. The first-order chi connectivity index (χ1) is 10.2. The number of nitrogens with one attached hydrogen (secondary N) is 1. The maximum atomic E-state index is 13.3. The van der Waals surface area contributed by atoms with Crippen LogP contribution in [0.25, 0.3) is 11.0 Å². The second-order valence-electron chi connectivity index (χ2n) is 4.84. The van der Waals surface area contributed by atoms with Crippen molar-refractivity contribution in [3.63, 3.8) is 0 Å². The van der Waals surface area contributed by atoms with E-state index in [4.69, 9.17) is 4.42 Å². The van der Waals surface area contributed by atoms with Crippen LogP contribution in [-0.2, 0) is 17.8 Å². The summed E-state index contributed by atoms with van der Waals surface area (Å²) in [5.74, 6) is -0.458. The lowest BCUT2D eigenvalue weighted by Crippen LogP contribution is -2.24. The average Bonchev–Trinajstić information content (AvgIpc) is 2.88. The SMILES string of the molecule is O=C(Cc1coc2ccc(F)cc12)NCc1ccccc1. The zero-order valence-corrected chi connectivity index (χ0v) is 11.3. The van der Waals surface area contributed by atoms with Crippen molar-refractivity contribution in [3.05, 3.63) is 71.7 Å². The molecule has 0 bridgehead atoms. The lowest BCUT2D eigenvalue weighted by molar-refractivity contribution is -0.120. The second kappa shape index (κ2) is 5.79. The Balaban J connectivity index is 1.67. The average molecular weight is 283 g/mol. The Morgan fingerprint density at radius 3 is 2.76 bits per heavy atom. The highest BCUT2D eigenvalue weighted by Gasteiger charge is 2.11. The van der Waals surface area contributed by atoms with Crippen LogP contribution in [0.15, 0.2) is 59.2 Å². The van der Waals surface area contributed by atoms with E-state index in [2.05, 4.69) is 5.32 Å². The smallest absolute Gasteiger partial charge is 0.224 e. The Morgan fingerprint density at radius 2 is 1.95 bits per heavy atom. The van der Waals surface area contributed by atoms with Gasteiger partial charge >= 0.3 is 0 Å². The molecule has 3 aromatic rings. The molecule has 0 radical (unpaired) electrons. The molecule has 0 aliphatic rings. The number of hydrogen-bond donors (Lipinski definition) is 1. The zero-order valence-electron chi connectivity index (χ0n) is 11.3. The molecule has 0 atom stereocenters. The molecular weight excluding hydrogens is 269 g/mol. The van der Waals surface area contributed by atoms with E-state index in [1.165, 1.54) is 18.4 Å². The quantitative estimate of drug-likeness (QED) is 0.797. The van der Waals surface area contributed by atoms with E-state index in [0.717, 1.165) is 5.56 Å². The molecular formula is C17H14FNO2. The summed E-state index contributed by atoms with van der Waals surface area (Å²) in [6.45, 7) is 0.476. The molecule has 1 heterocycles. The zero-order chi connectivity index (χ0) is 14.7. The summed E-state index contributed by atoms with van der Waals surface area (Å²) in [5.41, 5.74) is 2.31. The topological polar surface area (TPSA) is 42.2 Å². The number of rotatable bonds is 4. The van der Waals surface area contributed by atoms with Gasteiger partial charge in [0.05, 0.1) is 12.7 Å². The number of furan rings is 1. The summed E-state index contributed by atoms with van der Waals surface area (Å²) < 4.78 is 18.6. The molecule has 21 heavy (non-hydrogen) atoms. The van der Waals surface area contributed by atoms with E-state index in [9.17, 15) is 9.18 Å². The molecule has 2 aromatic carbocycles. The van der Waals surface area contributed by atoms with Gasteiger partial charge in [0, 0.05) is 17.5 Å². The monoisotopic (exact) mass is 283 g/mol. The van der Waals surface area contributed by atoms with Crippen LogP contribution < -0.4 is 5.32 Å². The first kappa shape index (κ1) is 13.4. The summed E-state index contributed by atoms with van der Waals surface area (Å²) in [7, 11) is 0. The van der Waals surface area contributed by atoms with Crippen molar-refractivity contribution in [2.24, 2.45) is 0 Å². The van der Waals surface area contributed by atoms with Gasteiger partial charge in [0.1, 0.15) is 11.4 Å². The van der Waals surface area contributed by atoms with Crippen LogP contribution in [0.4, 0.5) is 4.39 Å². The standard InChI is InChI=1S/C17H14FNO2/c18-14-6-7-16-15(9-14)13(11-21-16)8-17(20)19-10-12-4-2-1-3-5-12/h1-7,9,11H,8,10H2,(H,19,20). The maximum absolute atomic E-state index is 13.3. The molecule has 0 spiro atoms. The fourth-order valence-electron chi connectivity index (χ4n) is 2.22. The lowest BCUT2D eigenvalue weighted by atomic mass is 10.1. The number of carbonyl (C=O) groups excluding carboxylic acids is 1. The van der Waals surface area contributed by atoms with Crippen molar-refractivity contribution in [3.8, 4) is 0 Å². The van der Waals surface area contributed by atoms with Crippen LogP contribution in [0.1, 0.15) is 11.1 Å². The van der Waals surface area contributed by atoms with Crippen LogP contribution in [0.5, 0.6) is 0 Å². The third-order valence-corrected chi connectivity index (χ3v) is 3.30. The number of halogens is 1. The van der Waals surface area contributed by atoms with Gasteiger partial charge in [0.15, 0.2) is 0 Å². The molecule has 0 saturated carbocycles. The van der Waals surface area contributed by atoms with E-state index in [1.807, 2.05) is 30.3 Å². The Morgan fingerprint density at radius 1 is 1.14 bits per heavy atom. The van der Waals surface area contributed by atoms with Crippen LogP contribution in [0.3, 0.4) is 0 Å². The maximum Gasteiger partial charge on any atom is 0.224 e. The first-order valence-electron chi connectivity index (χ1n) is 6.68. The first-order valence-corrected chi connectivity index (χ1v) is 6.68. The molecule has 3 rings (SSSR count). The van der Waals surface area contributed by atoms with Crippen LogP contribution in [-0.4, -0.2) is 5.91 Å². The number of benzene rings is 2. The van der Waals surface area contributed by atoms with E-state index in [0.29, 0.717) is 23.1 Å². The summed E-state index contributed by atoms with van der Waals surface area (Å²) in [5, 5.41) is 3.49. The fourth-order valence-corrected chi connectivity index (χ4v) is 2.22. The lowest BCUT2D eigenvalue weighted by Gasteiger charge is -2.04. The number of carbonyl (C=O) groups is 1. The Labute approximate surface area is 121 Å². The van der Waals surface area contributed by atoms with Gasteiger partial charge < -0.3 is 9.73 Å². The van der Waals surface area contributed by atoms with Crippen molar-refractivity contribution in [2.45, 2.75) is 13.0 Å². The summed E-state index contributed by atoms with van der Waals surface area (Å²) >= 11 is 0. The van der Waals surface area contributed by atoms with Gasteiger partial charge in [-0.1, -0.05) is 30.3 Å². The fraction of sp³-hybridized carbons (Fsp3) is 0.118. The minimum absolute atomic E-state index is 0.120. The van der Waals surface area contributed by atoms with E-state index in [1.54, 1.807) is 6.07 Å². The van der Waals surface area contributed by atoms with Crippen molar-refractivity contribution < 1.29 is 13.6 Å². The number of amides is 1. The molecule has 0 aliphatic heterocycles. The molecule has 0 saturated heterocycles. The van der Waals surface area contributed by atoms with Gasteiger partial charge in [-0.25, -0.2) is 4.39 Å². The minimum atomic E-state index is -0.338. The number of hydrogen-bond acceptors (Lipinski definition) is 2. The Bertz CT molecular complexity index is 765. The van der Waals surface area contributed by atoms with Crippen molar-refractivity contribution in [1.29, 1.82) is 0 Å². The minimum Gasteiger partial charge on any atom is -0.464 e. The Hall–Kier alpha value is -2.62. The molecule has 106 valence electrons. The third kappa shape index (κ3) is 3.11. The van der Waals surface area contributed by atoms with Crippen LogP contribution >= 0.6 is 0 Å². The van der Waals surface area contributed by atoms with Gasteiger partial charge in [-0.3, -0.25) is 4.79 Å². The predicted octanol–water partition coefficient (Wildman–Crippen LogP) is 3.43. The third-order valence-electron chi connectivity index (χ3n) is 3.30. The van der Waals surface area contributed by atoms with E-state index in [-0.39, 0.29) is 18.1 Å². The summed E-state index contributed by atoms with van der Waals surface area (Å²) in [6.07, 6.45) is 1.68. The van der Waals surface area contributed by atoms with Crippen molar-refractivity contribution in [2.75, 3.05) is 0 Å². The van der Waals surface area contributed by atoms with E-state index < -0.39 is 0 Å². The summed E-state index contributed by atoms with van der Waals surface area (Å²) in [6, 6.07) is 14.0. The highest BCUT2D eigenvalue weighted by molar-refractivity contribution is 5.87. The van der Waals surface area contributed by atoms with Gasteiger partial charge in [0.25, 0.3) is 0 Å². The van der Waals surface area contributed by atoms with Gasteiger partial charge in [-0.15, -0.1) is 0 Å². The second-order valence-corrected chi connectivity index (χ2v) is 4.84. The van der Waals surface area contributed by atoms with E-state index >= 15 is 0 Å². The van der Waals surface area contributed by atoms with Gasteiger partial charge in [-0.2, -0.15) is 0 Å². The molecule has 1 amide bonds. The molecule has 1 N–H and O–H groups in total. The van der Waals surface area contributed by atoms with Crippen LogP contribution in [0.2, 0.25) is 0 Å².